The number of piperidine rings is 1. The Morgan fingerprint density at radius 1 is 1.23 bits per heavy atom. The number of nitrogens with zero attached hydrogens (tertiary/aromatic N) is 1. The second kappa shape index (κ2) is 13.4. The van der Waals surface area contributed by atoms with Crippen LogP contribution in [0.4, 0.5) is 0 Å². The summed E-state index contributed by atoms with van der Waals surface area (Å²) in [5, 5.41) is 6.44. The Kier molecular flexibility index (Phi) is 13.0. The third-order valence-electron chi connectivity index (χ3n) is 5.03. The summed E-state index contributed by atoms with van der Waals surface area (Å²) in [5.41, 5.74) is 2.48. The van der Waals surface area contributed by atoms with Gasteiger partial charge >= 0.3 is 0 Å². The zero-order valence-corrected chi connectivity index (χ0v) is 17.9. The van der Waals surface area contributed by atoms with Gasteiger partial charge in [-0.1, -0.05) is 24.3 Å². The largest absolute Gasteiger partial charge is 0.352 e. The quantitative estimate of drug-likeness (QED) is 0.693. The molecule has 0 aliphatic carbocycles. The predicted molar refractivity (Wildman–Crippen MR) is 114 cm³/mol. The number of carbonyl (C=O) groups is 1. The molecular formula is C20H35Cl2N3O. The fourth-order valence-electron chi connectivity index (χ4n) is 3.10. The summed E-state index contributed by atoms with van der Waals surface area (Å²) in [6.45, 7) is 8.17. The van der Waals surface area contributed by atoms with Crippen molar-refractivity contribution in [2.75, 3.05) is 20.1 Å². The second-order valence-electron chi connectivity index (χ2n) is 7.34. The summed E-state index contributed by atoms with van der Waals surface area (Å²) in [5.74, 6) is 0.894. The third kappa shape index (κ3) is 9.22. The fourth-order valence-corrected chi connectivity index (χ4v) is 3.10. The van der Waals surface area contributed by atoms with E-state index in [1.807, 2.05) is 0 Å². The second-order valence-corrected chi connectivity index (χ2v) is 7.34. The first-order valence-electron chi connectivity index (χ1n) is 9.30. The summed E-state index contributed by atoms with van der Waals surface area (Å²) < 4.78 is 0. The highest BCUT2D eigenvalue weighted by Gasteiger charge is 2.14. The van der Waals surface area contributed by atoms with Gasteiger partial charge in [0.25, 0.3) is 0 Å². The average Bonchev–Trinajstić information content (AvgIpc) is 2.59. The molecule has 0 radical (unpaired) electrons. The number of hydrogen-bond donors (Lipinski definition) is 2. The standard InChI is InChI=1S/C20H33N3O.2ClH/c1-16(2)23(3)15-19-6-4-5-18(13-19)14-22-20(24)8-7-17-9-11-21-12-10-17;;/h4-6,13,16-17,21H,7-12,14-15H2,1-3H3,(H,22,24);2*1H. The molecule has 0 aromatic heterocycles. The summed E-state index contributed by atoms with van der Waals surface area (Å²) in [4.78, 5) is 14.4. The lowest BCUT2D eigenvalue weighted by atomic mass is 9.93. The van der Waals surface area contributed by atoms with Gasteiger partial charge < -0.3 is 10.6 Å². The normalized spacial score (nSPS) is 14.7. The van der Waals surface area contributed by atoms with Crippen LogP contribution in [0, 0.1) is 5.92 Å². The minimum atomic E-state index is 0. The van der Waals surface area contributed by atoms with Gasteiger partial charge in [0, 0.05) is 25.6 Å². The number of nitrogens with one attached hydrogen (secondary N) is 2. The van der Waals surface area contributed by atoms with Crippen LogP contribution in [0.3, 0.4) is 0 Å². The van der Waals surface area contributed by atoms with Crippen LogP contribution < -0.4 is 10.6 Å². The maximum atomic E-state index is 12.1. The van der Waals surface area contributed by atoms with Crippen molar-refractivity contribution >= 4 is 30.7 Å². The Bertz CT molecular complexity index is 520. The van der Waals surface area contributed by atoms with E-state index in [9.17, 15) is 4.79 Å². The van der Waals surface area contributed by atoms with Gasteiger partial charge in [-0.15, -0.1) is 24.8 Å². The fraction of sp³-hybridized carbons (Fsp3) is 0.650. The molecule has 0 spiro atoms. The number of benzene rings is 1. The van der Waals surface area contributed by atoms with Gasteiger partial charge in [0.2, 0.25) is 5.91 Å². The van der Waals surface area contributed by atoms with E-state index in [0.29, 0.717) is 24.9 Å². The van der Waals surface area contributed by atoms with Gasteiger partial charge in [0.05, 0.1) is 0 Å². The molecular weight excluding hydrogens is 369 g/mol. The molecule has 1 aliphatic rings. The van der Waals surface area contributed by atoms with Crippen LogP contribution in [-0.4, -0.2) is 37.0 Å². The summed E-state index contributed by atoms with van der Waals surface area (Å²) >= 11 is 0. The molecule has 1 aliphatic heterocycles. The Morgan fingerprint density at radius 2 is 1.88 bits per heavy atom. The highest BCUT2D eigenvalue weighted by atomic mass is 35.5. The van der Waals surface area contributed by atoms with E-state index in [4.69, 9.17) is 0 Å². The molecule has 0 bridgehead atoms. The molecule has 1 aromatic carbocycles. The molecule has 1 fully saturated rings. The zero-order valence-electron chi connectivity index (χ0n) is 16.3. The summed E-state index contributed by atoms with van der Waals surface area (Å²) in [7, 11) is 2.14. The minimum Gasteiger partial charge on any atom is -0.352 e. The topological polar surface area (TPSA) is 44.4 Å². The first kappa shape index (κ1) is 25.2. The van der Waals surface area contributed by atoms with Crippen molar-refractivity contribution in [2.45, 2.75) is 58.7 Å². The van der Waals surface area contributed by atoms with Crippen molar-refractivity contribution in [3.05, 3.63) is 35.4 Å². The van der Waals surface area contributed by atoms with Crippen molar-refractivity contribution in [3.8, 4) is 0 Å². The van der Waals surface area contributed by atoms with Crippen LogP contribution in [0.2, 0.25) is 0 Å². The predicted octanol–water partition coefficient (Wildman–Crippen LogP) is 3.77. The molecule has 0 atom stereocenters. The highest BCUT2D eigenvalue weighted by molar-refractivity contribution is 5.85. The minimum absolute atomic E-state index is 0. The zero-order chi connectivity index (χ0) is 17.4. The molecule has 1 amide bonds. The molecule has 6 heteroatoms. The Balaban J connectivity index is 0.00000312. The van der Waals surface area contributed by atoms with Crippen LogP contribution in [0.25, 0.3) is 0 Å². The molecule has 1 aromatic rings. The molecule has 2 N–H and O–H groups in total. The van der Waals surface area contributed by atoms with Gasteiger partial charge in [-0.05, 0) is 70.3 Å². The van der Waals surface area contributed by atoms with Crippen molar-refractivity contribution in [3.63, 3.8) is 0 Å². The van der Waals surface area contributed by atoms with Gasteiger partial charge in [0.1, 0.15) is 0 Å². The summed E-state index contributed by atoms with van der Waals surface area (Å²) in [6.07, 6.45) is 4.09. The first-order valence-corrected chi connectivity index (χ1v) is 9.30. The monoisotopic (exact) mass is 403 g/mol. The number of carbonyl (C=O) groups excluding carboxylic acids is 1. The molecule has 4 nitrogen and oxygen atoms in total. The SMILES string of the molecule is CC(C)N(C)Cc1cccc(CNC(=O)CCC2CCNCC2)c1.Cl.Cl. The van der Waals surface area contributed by atoms with E-state index in [2.05, 4.69) is 60.7 Å². The molecule has 2 rings (SSSR count). The van der Waals surface area contributed by atoms with Crippen molar-refractivity contribution in [1.82, 2.24) is 15.5 Å². The highest BCUT2D eigenvalue weighted by Crippen LogP contribution is 2.17. The summed E-state index contributed by atoms with van der Waals surface area (Å²) in [6, 6.07) is 9.06. The number of halogens is 2. The van der Waals surface area contributed by atoms with E-state index in [1.54, 1.807) is 0 Å². The van der Waals surface area contributed by atoms with Crippen molar-refractivity contribution < 1.29 is 4.79 Å². The number of amides is 1. The maximum Gasteiger partial charge on any atom is 0.220 e. The van der Waals surface area contributed by atoms with Crippen molar-refractivity contribution in [2.24, 2.45) is 5.92 Å². The van der Waals surface area contributed by atoms with Crippen LogP contribution in [-0.2, 0) is 17.9 Å². The average molecular weight is 404 g/mol. The lowest BCUT2D eigenvalue weighted by Crippen LogP contribution is -2.29. The molecule has 0 saturated carbocycles. The Labute approximate surface area is 171 Å². The number of rotatable bonds is 8. The molecule has 26 heavy (non-hydrogen) atoms. The van der Waals surface area contributed by atoms with E-state index in [1.165, 1.54) is 24.0 Å². The van der Waals surface area contributed by atoms with Gasteiger partial charge in [-0.2, -0.15) is 0 Å². The van der Waals surface area contributed by atoms with E-state index in [-0.39, 0.29) is 30.7 Å². The molecule has 0 unspecified atom stereocenters. The lowest BCUT2D eigenvalue weighted by Gasteiger charge is -2.22. The van der Waals surface area contributed by atoms with Gasteiger partial charge in [0.15, 0.2) is 0 Å². The Hall–Kier alpha value is -0.810. The Morgan fingerprint density at radius 3 is 2.54 bits per heavy atom. The maximum absolute atomic E-state index is 12.1. The molecule has 1 heterocycles. The van der Waals surface area contributed by atoms with E-state index in [0.717, 1.165) is 26.1 Å². The molecule has 150 valence electrons. The van der Waals surface area contributed by atoms with Crippen molar-refractivity contribution in [1.29, 1.82) is 0 Å². The van der Waals surface area contributed by atoms with E-state index < -0.39 is 0 Å². The van der Waals surface area contributed by atoms with Gasteiger partial charge in [-0.25, -0.2) is 0 Å². The van der Waals surface area contributed by atoms with E-state index >= 15 is 0 Å². The number of hydrogen-bond acceptors (Lipinski definition) is 3. The van der Waals surface area contributed by atoms with Crippen LogP contribution >= 0.6 is 24.8 Å². The lowest BCUT2D eigenvalue weighted by molar-refractivity contribution is -0.121. The smallest absolute Gasteiger partial charge is 0.220 e. The van der Waals surface area contributed by atoms with Gasteiger partial charge in [-0.3, -0.25) is 9.69 Å². The molecule has 1 saturated heterocycles. The van der Waals surface area contributed by atoms with Crippen LogP contribution in [0.1, 0.15) is 50.7 Å². The van der Waals surface area contributed by atoms with Crippen LogP contribution in [0.15, 0.2) is 24.3 Å². The third-order valence-corrected chi connectivity index (χ3v) is 5.03. The first-order chi connectivity index (χ1) is 11.5. The van der Waals surface area contributed by atoms with Crippen LogP contribution in [0.5, 0.6) is 0 Å².